The number of nitrogens with one attached hydrogen (secondary N) is 2. The van der Waals surface area contributed by atoms with Crippen molar-refractivity contribution in [1.29, 1.82) is 0 Å². The van der Waals surface area contributed by atoms with Crippen LogP contribution in [0.1, 0.15) is 144 Å². The van der Waals surface area contributed by atoms with E-state index in [1.54, 1.807) is 7.05 Å². The first-order chi connectivity index (χ1) is 19.1. The van der Waals surface area contributed by atoms with Gasteiger partial charge in [-0.05, 0) is 34.2 Å². The van der Waals surface area contributed by atoms with Crippen LogP contribution >= 0.6 is 0 Å². The third kappa shape index (κ3) is 60.5. The van der Waals surface area contributed by atoms with Gasteiger partial charge in [0, 0.05) is 25.9 Å². The number of ether oxygens (including phenoxy) is 1. The van der Waals surface area contributed by atoms with Crippen LogP contribution in [0.15, 0.2) is 0 Å². The molecule has 0 bridgehead atoms. The van der Waals surface area contributed by atoms with Gasteiger partial charge in [-0.1, -0.05) is 104 Å². The highest BCUT2D eigenvalue weighted by Crippen LogP contribution is 2.13. The van der Waals surface area contributed by atoms with E-state index in [-0.39, 0.29) is 18.1 Å². The quantitative estimate of drug-likeness (QED) is 0.0885. The number of nitrogens with two attached hydrogens (primary N) is 1. The Morgan fingerprint density at radius 3 is 1.45 bits per heavy atom. The van der Waals surface area contributed by atoms with Crippen LogP contribution in [0.25, 0.3) is 0 Å². The Morgan fingerprint density at radius 1 is 0.800 bits per heavy atom. The molecule has 0 rings (SSSR count). The van der Waals surface area contributed by atoms with Crippen molar-refractivity contribution in [1.82, 2.24) is 10.6 Å². The summed E-state index contributed by atoms with van der Waals surface area (Å²) in [6.07, 6.45) is 23.1. The largest absolute Gasteiger partial charge is 0.480 e. The molecule has 0 spiro atoms. The second-order valence-electron chi connectivity index (χ2n) is 10.6. The molecule has 0 aliphatic carbocycles. The zero-order valence-electron chi connectivity index (χ0n) is 26.9. The molecule has 0 saturated heterocycles. The van der Waals surface area contributed by atoms with Crippen LogP contribution in [0.5, 0.6) is 0 Å². The zero-order chi connectivity index (χ0) is 31.3. The molecule has 0 heterocycles. The summed E-state index contributed by atoms with van der Waals surface area (Å²) >= 11 is 0. The summed E-state index contributed by atoms with van der Waals surface area (Å²) in [4.78, 5) is 39.7. The smallest absolute Gasteiger partial charge is 0.317 e. The summed E-state index contributed by atoms with van der Waals surface area (Å²) < 4.78 is 4.55. The van der Waals surface area contributed by atoms with Crippen molar-refractivity contribution < 1.29 is 29.0 Å². The summed E-state index contributed by atoms with van der Waals surface area (Å²) in [6, 6.07) is 0. The van der Waals surface area contributed by atoms with Crippen LogP contribution < -0.4 is 16.4 Å². The Kier molecular flexibility index (Phi) is 44.0. The maximum atomic E-state index is 10.4. The average Bonchev–Trinajstić information content (AvgIpc) is 2.90. The molecule has 0 aliphatic rings. The number of carbonyl (C=O) groups excluding carboxylic acids is 3. The summed E-state index contributed by atoms with van der Waals surface area (Å²) in [6.45, 7) is 11.2. The molecule has 0 saturated carbocycles. The van der Waals surface area contributed by atoms with Crippen molar-refractivity contribution in [3.8, 4) is 0 Å². The summed E-state index contributed by atoms with van der Waals surface area (Å²) in [5, 5.41) is 12.9. The summed E-state index contributed by atoms with van der Waals surface area (Å²) in [5.41, 5.74) is 4.80. The first-order valence-corrected chi connectivity index (χ1v) is 15.4. The van der Waals surface area contributed by atoms with E-state index in [0.717, 1.165) is 19.1 Å². The number of hydrogen-bond acceptors (Lipinski definition) is 7. The van der Waals surface area contributed by atoms with Gasteiger partial charge in [0.25, 0.3) is 6.47 Å². The van der Waals surface area contributed by atoms with Crippen molar-refractivity contribution >= 4 is 24.6 Å². The monoisotopic (exact) mass is 575 g/mol. The molecule has 0 aliphatic heterocycles. The van der Waals surface area contributed by atoms with Gasteiger partial charge < -0.3 is 31.0 Å². The van der Waals surface area contributed by atoms with Crippen LogP contribution in [-0.4, -0.2) is 62.0 Å². The predicted octanol–water partition coefficient (Wildman–Crippen LogP) is 6.17. The van der Waals surface area contributed by atoms with E-state index in [2.05, 4.69) is 22.3 Å². The molecule has 0 radical (unpaired) electrons. The third-order valence-electron chi connectivity index (χ3n) is 5.44. The van der Waals surface area contributed by atoms with Crippen LogP contribution in [0.2, 0.25) is 0 Å². The maximum Gasteiger partial charge on any atom is 0.317 e. The first kappa shape index (κ1) is 45.0. The Bertz CT molecular complexity index is 540. The highest BCUT2D eigenvalue weighted by Gasteiger charge is 2.07. The number of unbranched alkanes of at least 4 members (excludes halogenated alkanes) is 15. The van der Waals surface area contributed by atoms with Gasteiger partial charge in [0.05, 0.1) is 6.54 Å². The number of likely N-dealkylation sites (N-methyl/N-ethyl adjacent to an activating group) is 1. The van der Waals surface area contributed by atoms with Crippen molar-refractivity contribution in [2.75, 3.05) is 26.7 Å². The number of amides is 1. The van der Waals surface area contributed by atoms with Crippen molar-refractivity contribution in [2.45, 2.75) is 149 Å². The lowest BCUT2D eigenvalue weighted by atomic mass is 10.0. The van der Waals surface area contributed by atoms with Gasteiger partial charge in [0.1, 0.15) is 11.9 Å². The minimum atomic E-state index is -0.822. The Morgan fingerprint density at radius 2 is 1.23 bits per heavy atom. The normalized spacial score (nSPS) is 9.97. The van der Waals surface area contributed by atoms with Crippen LogP contribution in [0.3, 0.4) is 0 Å². The van der Waals surface area contributed by atoms with Gasteiger partial charge in [-0.3, -0.25) is 14.4 Å². The van der Waals surface area contributed by atoms with E-state index in [1.807, 2.05) is 27.7 Å². The van der Waals surface area contributed by atoms with E-state index in [1.165, 1.54) is 89.9 Å². The highest BCUT2D eigenvalue weighted by atomic mass is 16.5. The van der Waals surface area contributed by atoms with E-state index in [0.29, 0.717) is 26.0 Å². The molecule has 0 fully saturated rings. The molecule has 9 heteroatoms. The molecule has 0 aromatic rings. The maximum absolute atomic E-state index is 10.4. The SMILES string of the molecule is CC(C)(C)OC=O.CCC(=O)NCCN.CCCCCCCCCCCCCCCCCC=O.CNCC(=O)O. The van der Waals surface area contributed by atoms with Gasteiger partial charge in [0.15, 0.2) is 0 Å². The minimum absolute atomic E-state index is 0.0417. The van der Waals surface area contributed by atoms with Gasteiger partial charge in [-0.2, -0.15) is 0 Å². The van der Waals surface area contributed by atoms with E-state index >= 15 is 0 Å². The number of hydrogen-bond donors (Lipinski definition) is 4. The summed E-state index contributed by atoms with van der Waals surface area (Å²) in [5.74, 6) is -0.757. The molecule has 0 aromatic heterocycles. The van der Waals surface area contributed by atoms with E-state index < -0.39 is 5.97 Å². The van der Waals surface area contributed by atoms with Gasteiger partial charge >= 0.3 is 5.97 Å². The Balaban J connectivity index is -0.000000253. The van der Waals surface area contributed by atoms with Gasteiger partial charge in [-0.25, -0.2) is 0 Å². The molecule has 0 aromatic carbocycles. The fraction of sp³-hybridized carbons (Fsp3) is 0.871. The molecule has 0 atom stereocenters. The van der Waals surface area contributed by atoms with Crippen molar-refractivity contribution in [3.63, 3.8) is 0 Å². The fourth-order valence-electron chi connectivity index (χ4n) is 3.23. The predicted molar refractivity (Wildman–Crippen MR) is 166 cm³/mol. The number of aldehydes is 1. The number of carbonyl (C=O) groups is 4. The molecule has 40 heavy (non-hydrogen) atoms. The number of aliphatic carboxylic acids is 1. The zero-order valence-corrected chi connectivity index (χ0v) is 26.9. The van der Waals surface area contributed by atoms with Crippen LogP contribution in [-0.2, 0) is 23.9 Å². The van der Waals surface area contributed by atoms with E-state index in [4.69, 9.17) is 10.8 Å². The number of carboxylic acid groups (broad SMARTS) is 1. The van der Waals surface area contributed by atoms with Gasteiger partial charge in [0.2, 0.25) is 5.91 Å². The summed E-state index contributed by atoms with van der Waals surface area (Å²) in [7, 11) is 1.59. The van der Waals surface area contributed by atoms with Crippen LogP contribution in [0.4, 0.5) is 0 Å². The standard InChI is InChI=1S/C18H36O.C5H12N2O.C5H10O2.C3H7NO2/c1-2-3-4-5-6-7-8-9-10-11-12-13-14-15-16-17-18-19;1-2-5(8)7-4-3-6;1-5(2,3)7-4-6;1-4-2-3(5)6/h18H,2-17H2,1H3;2-4,6H2,1H3,(H,7,8);4H,1-3H3;4H,2H2,1H3,(H,5,6). The molecule has 0 unspecified atom stereocenters. The van der Waals surface area contributed by atoms with Crippen molar-refractivity contribution in [2.24, 2.45) is 5.73 Å². The second kappa shape index (κ2) is 39.1. The van der Waals surface area contributed by atoms with Crippen LogP contribution in [0, 0.1) is 0 Å². The average molecular weight is 576 g/mol. The Labute approximate surface area is 246 Å². The number of rotatable bonds is 22. The lowest BCUT2D eigenvalue weighted by Gasteiger charge is -2.14. The third-order valence-corrected chi connectivity index (χ3v) is 5.44. The fourth-order valence-corrected chi connectivity index (χ4v) is 3.23. The molecule has 240 valence electrons. The molecule has 5 N–H and O–H groups in total. The molecular formula is C31H65N3O6. The van der Waals surface area contributed by atoms with E-state index in [9.17, 15) is 19.2 Å². The molecule has 1 amide bonds. The topological polar surface area (TPSA) is 148 Å². The van der Waals surface area contributed by atoms with Crippen molar-refractivity contribution in [3.05, 3.63) is 0 Å². The molecule has 9 nitrogen and oxygen atoms in total. The Hall–Kier alpha value is -2.00. The number of carboxylic acids is 1. The van der Waals surface area contributed by atoms with Gasteiger partial charge in [-0.15, -0.1) is 0 Å². The lowest BCUT2D eigenvalue weighted by molar-refractivity contribution is -0.139. The molecular weight excluding hydrogens is 510 g/mol. The second-order valence-corrected chi connectivity index (χ2v) is 10.6. The lowest BCUT2D eigenvalue weighted by Crippen LogP contribution is -2.28. The minimum Gasteiger partial charge on any atom is -0.480 e. The first-order valence-electron chi connectivity index (χ1n) is 15.4. The highest BCUT2D eigenvalue weighted by molar-refractivity contribution is 5.75.